The van der Waals surface area contributed by atoms with Crippen LogP contribution in [-0.4, -0.2) is 17.9 Å². The molecule has 0 saturated carbocycles. The van der Waals surface area contributed by atoms with Gasteiger partial charge in [-0.2, -0.15) is 0 Å². The largest absolute Gasteiger partial charge is 0.494 e. The number of methoxy groups -OCH3 is 1. The number of ether oxygens (including phenoxy) is 2. The predicted octanol–water partition coefficient (Wildman–Crippen LogP) is 6.11. The van der Waals surface area contributed by atoms with Gasteiger partial charge in [-0.15, -0.1) is 0 Å². The molecule has 0 aliphatic heterocycles. The fraction of sp³-hybridized carbons (Fsp3) is 0.261. The first-order valence-electron chi connectivity index (χ1n) is 9.85. The highest BCUT2D eigenvalue weighted by Gasteiger charge is 2.17. The van der Waals surface area contributed by atoms with Gasteiger partial charge in [0.1, 0.15) is 23.9 Å². The van der Waals surface area contributed by atoms with E-state index in [0.29, 0.717) is 16.5 Å². The number of nitrogens with zero attached hydrogens (tertiary/aromatic N) is 1. The van der Waals surface area contributed by atoms with Gasteiger partial charge in [-0.25, -0.2) is 0 Å². The lowest BCUT2D eigenvalue weighted by Gasteiger charge is -2.15. The fourth-order valence-electron chi connectivity index (χ4n) is 3.05. The Kier molecular flexibility index (Phi) is 7.05. The Balaban J connectivity index is 1.71. The Morgan fingerprint density at radius 3 is 2.59 bits per heavy atom. The SMILES string of the molecule is COc1cc([N+](=O)[O-])ccc1NC(=O)c1ccc(COc2cc(C)c(Cl)cc2C(C)C)o1. The zero-order chi connectivity index (χ0) is 23.4. The molecule has 0 unspecified atom stereocenters. The summed E-state index contributed by atoms with van der Waals surface area (Å²) >= 11 is 6.24. The molecule has 1 N–H and O–H groups in total. The van der Waals surface area contributed by atoms with Crippen molar-refractivity contribution in [1.29, 1.82) is 0 Å². The second-order valence-corrected chi connectivity index (χ2v) is 7.85. The summed E-state index contributed by atoms with van der Waals surface area (Å²) in [6.45, 7) is 6.14. The van der Waals surface area contributed by atoms with Gasteiger partial charge in [0.15, 0.2) is 5.76 Å². The third kappa shape index (κ3) is 5.20. The zero-order valence-corrected chi connectivity index (χ0v) is 18.9. The molecule has 0 atom stereocenters. The molecule has 1 amide bonds. The summed E-state index contributed by atoms with van der Waals surface area (Å²) in [6.07, 6.45) is 0. The molecule has 2 aromatic carbocycles. The van der Waals surface area contributed by atoms with E-state index in [1.165, 1.54) is 31.4 Å². The lowest BCUT2D eigenvalue weighted by Crippen LogP contribution is -2.12. The third-order valence-electron chi connectivity index (χ3n) is 4.81. The van der Waals surface area contributed by atoms with Gasteiger partial charge in [0.2, 0.25) is 0 Å². The lowest BCUT2D eigenvalue weighted by molar-refractivity contribution is -0.384. The monoisotopic (exact) mass is 458 g/mol. The minimum atomic E-state index is -0.542. The van der Waals surface area contributed by atoms with Crippen molar-refractivity contribution in [1.82, 2.24) is 0 Å². The van der Waals surface area contributed by atoms with E-state index in [-0.39, 0.29) is 35.4 Å². The number of rotatable bonds is 8. The van der Waals surface area contributed by atoms with Crippen molar-refractivity contribution in [2.75, 3.05) is 12.4 Å². The maximum absolute atomic E-state index is 12.6. The molecule has 8 nitrogen and oxygen atoms in total. The average molecular weight is 459 g/mol. The molecular formula is C23H23ClN2O6. The van der Waals surface area contributed by atoms with Gasteiger partial charge < -0.3 is 19.2 Å². The van der Waals surface area contributed by atoms with Crippen LogP contribution in [0.25, 0.3) is 0 Å². The molecule has 1 aromatic heterocycles. The number of hydrogen-bond donors (Lipinski definition) is 1. The van der Waals surface area contributed by atoms with Gasteiger partial charge in [0.05, 0.1) is 23.8 Å². The molecule has 0 fully saturated rings. The Labute approximate surface area is 190 Å². The molecule has 0 radical (unpaired) electrons. The fourth-order valence-corrected chi connectivity index (χ4v) is 3.23. The van der Waals surface area contributed by atoms with Crippen LogP contribution in [0.15, 0.2) is 46.9 Å². The Morgan fingerprint density at radius 2 is 1.94 bits per heavy atom. The van der Waals surface area contributed by atoms with Crippen LogP contribution in [0, 0.1) is 17.0 Å². The van der Waals surface area contributed by atoms with E-state index in [1.54, 1.807) is 6.07 Å². The van der Waals surface area contributed by atoms with Gasteiger partial charge in [0, 0.05) is 11.1 Å². The van der Waals surface area contributed by atoms with Gasteiger partial charge in [-0.05, 0) is 54.3 Å². The van der Waals surface area contributed by atoms with Crippen LogP contribution < -0.4 is 14.8 Å². The molecule has 0 aliphatic rings. The van der Waals surface area contributed by atoms with Crippen LogP contribution in [0.4, 0.5) is 11.4 Å². The van der Waals surface area contributed by atoms with Crippen LogP contribution in [0.5, 0.6) is 11.5 Å². The minimum Gasteiger partial charge on any atom is -0.494 e. The molecular weight excluding hydrogens is 436 g/mol. The summed E-state index contributed by atoms with van der Waals surface area (Å²) in [6, 6.07) is 10.9. The summed E-state index contributed by atoms with van der Waals surface area (Å²) in [4.78, 5) is 22.9. The van der Waals surface area contributed by atoms with Gasteiger partial charge in [-0.3, -0.25) is 14.9 Å². The van der Waals surface area contributed by atoms with E-state index in [4.69, 9.17) is 25.5 Å². The van der Waals surface area contributed by atoms with E-state index >= 15 is 0 Å². The molecule has 0 bridgehead atoms. The number of nitro groups is 1. The van der Waals surface area contributed by atoms with Crippen LogP contribution in [0.2, 0.25) is 5.02 Å². The first-order chi connectivity index (χ1) is 15.2. The van der Waals surface area contributed by atoms with Crippen molar-refractivity contribution in [3.63, 3.8) is 0 Å². The quantitative estimate of drug-likeness (QED) is 0.322. The summed E-state index contributed by atoms with van der Waals surface area (Å²) < 4.78 is 16.7. The number of non-ortho nitro benzene ring substituents is 1. The van der Waals surface area contributed by atoms with Crippen molar-refractivity contribution in [2.45, 2.75) is 33.3 Å². The number of nitrogens with one attached hydrogen (secondary N) is 1. The number of hydrogen-bond acceptors (Lipinski definition) is 6. The smallest absolute Gasteiger partial charge is 0.291 e. The summed E-state index contributed by atoms with van der Waals surface area (Å²) in [5.74, 6) is 1.11. The number of carbonyl (C=O) groups excluding carboxylic acids is 1. The molecule has 0 saturated heterocycles. The lowest BCUT2D eigenvalue weighted by atomic mass is 10.0. The maximum Gasteiger partial charge on any atom is 0.291 e. The highest BCUT2D eigenvalue weighted by atomic mass is 35.5. The maximum atomic E-state index is 12.6. The van der Waals surface area contributed by atoms with E-state index in [2.05, 4.69) is 19.2 Å². The zero-order valence-electron chi connectivity index (χ0n) is 18.1. The van der Waals surface area contributed by atoms with Crippen molar-refractivity contribution in [3.05, 3.63) is 80.2 Å². The minimum absolute atomic E-state index is 0.0698. The third-order valence-corrected chi connectivity index (χ3v) is 5.22. The second kappa shape index (κ2) is 9.74. The highest BCUT2D eigenvalue weighted by molar-refractivity contribution is 6.31. The van der Waals surface area contributed by atoms with Crippen molar-refractivity contribution >= 4 is 28.9 Å². The number of carbonyl (C=O) groups is 1. The molecule has 3 rings (SSSR count). The van der Waals surface area contributed by atoms with Crippen LogP contribution in [0.3, 0.4) is 0 Å². The number of furan rings is 1. The van der Waals surface area contributed by atoms with Crippen LogP contribution in [-0.2, 0) is 6.61 Å². The molecule has 0 spiro atoms. The highest BCUT2D eigenvalue weighted by Crippen LogP contribution is 2.33. The molecule has 32 heavy (non-hydrogen) atoms. The standard InChI is InChI=1S/C23H23ClN2O6/c1-13(2)17-11-18(24)14(3)9-21(17)31-12-16-6-8-20(32-16)23(27)25-19-7-5-15(26(28)29)10-22(19)30-4/h5-11,13H,12H2,1-4H3,(H,25,27). The molecule has 1 heterocycles. The second-order valence-electron chi connectivity index (χ2n) is 7.44. The molecule has 3 aromatic rings. The van der Waals surface area contributed by atoms with Gasteiger partial charge in [-0.1, -0.05) is 25.4 Å². The van der Waals surface area contributed by atoms with Crippen LogP contribution >= 0.6 is 11.6 Å². The first-order valence-corrected chi connectivity index (χ1v) is 10.2. The average Bonchev–Trinajstić information content (AvgIpc) is 3.23. The topological polar surface area (TPSA) is 104 Å². The number of nitro benzene ring substituents is 1. The van der Waals surface area contributed by atoms with E-state index in [9.17, 15) is 14.9 Å². The van der Waals surface area contributed by atoms with E-state index in [1.807, 2.05) is 19.1 Å². The predicted molar refractivity (Wildman–Crippen MR) is 121 cm³/mol. The van der Waals surface area contributed by atoms with Crippen molar-refractivity contribution in [2.24, 2.45) is 0 Å². The number of anilines is 1. The first kappa shape index (κ1) is 23.1. The van der Waals surface area contributed by atoms with Crippen molar-refractivity contribution in [3.8, 4) is 11.5 Å². The summed E-state index contributed by atoms with van der Waals surface area (Å²) in [5.41, 5.74) is 2.03. The summed E-state index contributed by atoms with van der Waals surface area (Å²) in [7, 11) is 1.36. The Hall–Kier alpha value is -3.52. The van der Waals surface area contributed by atoms with Gasteiger partial charge in [0.25, 0.3) is 11.6 Å². The molecule has 168 valence electrons. The number of aryl methyl sites for hydroxylation is 1. The molecule has 9 heteroatoms. The van der Waals surface area contributed by atoms with Gasteiger partial charge >= 0.3 is 0 Å². The van der Waals surface area contributed by atoms with Crippen LogP contribution in [0.1, 0.15) is 47.2 Å². The van der Waals surface area contributed by atoms with Crippen molar-refractivity contribution < 1.29 is 23.6 Å². The number of benzene rings is 2. The summed E-state index contributed by atoms with van der Waals surface area (Å²) in [5, 5.41) is 14.2. The molecule has 0 aliphatic carbocycles. The Bertz CT molecular complexity index is 1160. The Morgan fingerprint density at radius 1 is 1.19 bits per heavy atom. The number of amides is 1. The van der Waals surface area contributed by atoms with E-state index in [0.717, 1.165) is 11.1 Å². The van der Waals surface area contributed by atoms with E-state index < -0.39 is 10.8 Å². The number of halogens is 1. The normalized spacial score (nSPS) is 10.8.